The third kappa shape index (κ3) is 3.22. The van der Waals surface area contributed by atoms with Crippen LogP contribution in [0.5, 0.6) is 5.75 Å². The molecule has 4 nitrogen and oxygen atoms in total. The molecule has 2 N–H and O–H groups in total. The van der Waals surface area contributed by atoms with Crippen molar-refractivity contribution in [3.8, 4) is 5.75 Å². The first-order valence-electron chi connectivity index (χ1n) is 7.85. The van der Waals surface area contributed by atoms with E-state index in [2.05, 4.69) is 5.32 Å². The maximum atomic E-state index is 12.3. The van der Waals surface area contributed by atoms with Gasteiger partial charge >= 0.3 is 0 Å². The second-order valence-corrected chi connectivity index (χ2v) is 5.95. The first kappa shape index (κ1) is 15.6. The molecule has 0 bridgehead atoms. The minimum atomic E-state index is -0.989. The van der Waals surface area contributed by atoms with Gasteiger partial charge in [0.1, 0.15) is 11.4 Å². The molecule has 0 saturated carbocycles. The van der Waals surface area contributed by atoms with Crippen LogP contribution in [0, 0.1) is 0 Å². The summed E-state index contributed by atoms with van der Waals surface area (Å²) in [7, 11) is 1.59. The fourth-order valence-corrected chi connectivity index (χ4v) is 3.15. The molecule has 0 aliphatic heterocycles. The predicted molar refractivity (Wildman–Crippen MR) is 88.6 cm³/mol. The monoisotopic (exact) mass is 311 g/mol. The summed E-state index contributed by atoms with van der Waals surface area (Å²) < 4.78 is 5.09. The van der Waals surface area contributed by atoms with Gasteiger partial charge < -0.3 is 15.2 Å². The van der Waals surface area contributed by atoms with Gasteiger partial charge in [-0.1, -0.05) is 24.3 Å². The molecule has 1 amide bonds. The summed E-state index contributed by atoms with van der Waals surface area (Å²) in [6.45, 7) is 0.217. The van der Waals surface area contributed by atoms with Crippen LogP contribution in [-0.2, 0) is 12.0 Å². The molecule has 120 valence electrons. The van der Waals surface area contributed by atoms with Crippen LogP contribution < -0.4 is 10.1 Å². The molecule has 0 spiro atoms. The summed E-state index contributed by atoms with van der Waals surface area (Å²) in [5.41, 5.74) is 1.66. The van der Waals surface area contributed by atoms with E-state index in [1.54, 1.807) is 31.4 Å². The Hall–Kier alpha value is -2.33. The number of nitrogens with one attached hydrogen (secondary N) is 1. The number of carbonyl (C=O) groups excluding carboxylic acids is 1. The Balaban J connectivity index is 1.71. The largest absolute Gasteiger partial charge is 0.497 e. The lowest BCUT2D eigenvalue weighted by Crippen LogP contribution is -2.43. The zero-order valence-electron chi connectivity index (χ0n) is 13.2. The van der Waals surface area contributed by atoms with Crippen molar-refractivity contribution in [2.24, 2.45) is 0 Å². The number of fused-ring (bicyclic) bond motifs is 1. The topological polar surface area (TPSA) is 58.6 Å². The van der Waals surface area contributed by atoms with E-state index >= 15 is 0 Å². The number of benzene rings is 2. The van der Waals surface area contributed by atoms with Gasteiger partial charge in [-0.25, -0.2) is 0 Å². The van der Waals surface area contributed by atoms with Crippen LogP contribution in [-0.4, -0.2) is 24.7 Å². The van der Waals surface area contributed by atoms with Crippen LogP contribution in [0.4, 0.5) is 0 Å². The van der Waals surface area contributed by atoms with E-state index < -0.39 is 5.60 Å². The number of aryl methyl sites for hydroxylation is 1. The number of amides is 1. The zero-order valence-corrected chi connectivity index (χ0v) is 13.2. The summed E-state index contributed by atoms with van der Waals surface area (Å²) in [4.78, 5) is 12.3. The standard InChI is InChI=1S/C19H21NO3/c1-23-16-10-8-15(9-11-16)18(21)20-13-19(22)12-4-6-14-5-2-3-7-17(14)19/h2-3,5,7-11,22H,4,6,12-13H2,1H3,(H,20,21). The van der Waals surface area contributed by atoms with Crippen molar-refractivity contribution in [3.63, 3.8) is 0 Å². The van der Waals surface area contributed by atoms with Crippen LogP contribution in [0.25, 0.3) is 0 Å². The summed E-state index contributed by atoms with van der Waals surface area (Å²) in [5, 5.41) is 13.8. The molecular formula is C19H21NO3. The Labute approximate surface area is 136 Å². The molecule has 0 radical (unpaired) electrons. The van der Waals surface area contributed by atoms with E-state index in [0.717, 1.165) is 18.4 Å². The van der Waals surface area contributed by atoms with Gasteiger partial charge in [-0.2, -0.15) is 0 Å². The quantitative estimate of drug-likeness (QED) is 0.912. The van der Waals surface area contributed by atoms with Gasteiger partial charge in [0, 0.05) is 5.56 Å². The van der Waals surface area contributed by atoms with Crippen molar-refractivity contribution in [1.29, 1.82) is 0 Å². The summed E-state index contributed by atoms with van der Waals surface area (Å²) in [5.74, 6) is 0.519. The number of methoxy groups -OCH3 is 1. The molecule has 0 heterocycles. The third-order valence-corrected chi connectivity index (χ3v) is 4.45. The second kappa shape index (κ2) is 6.42. The number of hydrogen-bond donors (Lipinski definition) is 2. The normalized spacial score (nSPS) is 19.7. The fourth-order valence-electron chi connectivity index (χ4n) is 3.15. The molecule has 0 aromatic heterocycles. The van der Waals surface area contributed by atoms with Gasteiger partial charge in [0.2, 0.25) is 0 Å². The molecule has 1 aliphatic carbocycles. The number of ether oxygens (including phenoxy) is 1. The number of aliphatic hydroxyl groups is 1. The molecule has 23 heavy (non-hydrogen) atoms. The Kier molecular flexibility index (Phi) is 4.35. The van der Waals surface area contributed by atoms with E-state index in [1.807, 2.05) is 24.3 Å². The lowest BCUT2D eigenvalue weighted by Gasteiger charge is -2.34. The molecule has 4 heteroatoms. The van der Waals surface area contributed by atoms with E-state index in [0.29, 0.717) is 17.7 Å². The van der Waals surface area contributed by atoms with Crippen LogP contribution in [0.1, 0.15) is 34.3 Å². The molecule has 1 aliphatic rings. The van der Waals surface area contributed by atoms with Crippen molar-refractivity contribution in [2.75, 3.05) is 13.7 Å². The molecule has 1 atom stereocenters. The highest BCUT2D eigenvalue weighted by atomic mass is 16.5. The highest BCUT2D eigenvalue weighted by Gasteiger charge is 2.34. The van der Waals surface area contributed by atoms with Crippen LogP contribution in [0.3, 0.4) is 0 Å². The Bertz CT molecular complexity index is 696. The lowest BCUT2D eigenvalue weighted by atomic mass is 9.79. The van der Waals surface area contributed by atoms with Crippen LogP contribution in [0.15, 0.2) is 48.5 Å². The Morgan fingerprint density at radius 2 is 1.96 bits per heavy atom. The number of rotatable bonds is 4. The minimum Gasteiger partial charge on any atom is -0.497 e. The molecule has 0 saturated heterocycles. The van der Waals surface area contributed by atoms with Crippen molar-refractivity contribution in [3.05, 3.63) is 65.2 Å². The van der Waals surface area contributed by atoms with E-state index in [1.165, 1.54) is 5.56 Å². The van der Waals surface area contributed by atoms with Crippen LogP contribution >= 0.6 is 0 Å². The van der Waals surface area contributed by atoms with Gasteiger partial charge in [0.25, 0.3) is 5.91 Å². The average molecular weight is 311 g/mol. The highest BCUT2D eigenvalue weighted by Crippen LogP contribution is 2.34. The predicted octanol–water partition coefficient (Wildman–Crippen LogP) is 2.65. The first-order valence-corrected chi connectivity index (χ1v) is 7.85. The van der Waals surface area contributed by atoms with Gasteiger partial charge in [0.05, 0.1) is 13.7 Å². The molecule has 2 aromatic carbocycles. The smallest absolute Gasteiger partial charge is 0.251 e. The first-order chi connectivity index (χ1) is 11.1. The van der Waals surface area contributed by atoms with Crippen molar-refractivity contribution in [2.45, 2.75) is 24.9 Å². The van der Waals surface area contributed by atoms with Gasteiger partial charge in [0.15, 0.2) is 0 Å². The van der Waals surface area contributed by atoms with Gasteiger partial charge in [-0.05, 0) is 54.7 Å². The third-order valence-electron chi connectivity index (χ3n) is 4.45. The second-order valence-electron chi connectivity index (χ2n) is 5.95. The van der Waals surface area contributed by atoms with E-state index in [9.17, 15) is 9.90 Å². The maximum Gasteiger partial charge on any atom is 0.251 e. The average Bonchev–Trinajstić information content (AvgIpc) is 2.60. The molecule has 2 aromatic rings. The zero-order chi connectivity index (χ0) is 16.3. The van der Waals surface area contributed by atoms with E-state index in [-0.39, 0.29) is 12.5 Å². The van der Waals surface area contributed by atoms with Gasteiger partial charge in [-0.15, -0.1) is 0 Å². The Morgan fingerprint density at radius 3 is 2.70 bits per heavy atom. The molecular weight excluding hydrogens is 290 g/mol. The number of carbonyl (C=O) groups is 1. The maximum absolute atomic E-state index is 12.3. The van der Waals surface area contributed by atoms with Crippen molar-refractivity contribution in [1.82, 2.24) is 5.32 Å². The summed E-state index contributed by atoms with van der Waals surface area (Å²) in [6, 6.07) is 14.8. The van der Waals surface area contributed by atoms with Gasteiger partial charge in [-0.3, -0.25) is 4.79 Å². The van der Waals surface area contributed by atoms with Crippen molar-refractivity contribution >= 4 is 5.91 Å². The SMILES string of the molecule is COc1ccc(C(=O)NCC2(O)CCCc3ccccc32)cc1. The fraction of sp³-hybridized carbons (Fsp3) is 0.316. The molecule has 1 unspecified atom stereocenters. The Morgan fingerprint density at radius 1 is 1.22 bits per heavy atom. The molecule has 3 rings (SSSR count). The summed E-state index contributed by atoms with van der Waals surface area (Å²) in [6.07, 6.45) is 2.56. The minimum absolute atomic E-state index is 0.191. The molecule has 0 fully saturated rings. The van der Waals surface area contributed by atoms with Crippen molar-refractivity contribution < 1.29 is 14.6 Å². The number of hydrogen-bond acceptors (Lipinski definition) is 3. The van der Waals surface area contributed by atoms with E-state index in [4.69, 9.17) is 4.74 Å². The lowest BCUT2D eigenvalue weighted by molar-refractivity contribution is 0.0189. The van der Waals surface area contributed by atoms with Crippen LogP contribution in [0.2, 0.25) is 0 Å². The highest BCUT2D eigenvalue weighted by molar-refractivity contribution is 5.94. The summed E-state index contributed by atoms with van der Waals surface area (Å²) >= 11 is 0.